The Bertz CT molecular complexity index is 526. The first-order valence-corrected chi connectivity index (χ1v) is 7.95. The van der Waals surface area contributed by atoms with E-state index in [1.807, 2.05) is 0 Å². The summed E-state index contributed by atoms with van der Waals surface area (Å²) in [5.41, 5.74) is 0.268. The summed E-state index contributed by atoms with van der Waals surface area (Å²) in [5, 5.41) is 0.647. The van der Waals surface area contributed by atoms with Crippen molar-refractivity contribution in [3.05, 3.63) is 27.7 Å². The number of hydrogen-bond acceptors (Lipinski definition) is 3. The van der Waals surface area contributed by atoms with Gasteiger partial charge in [-0.05, 0) is 12.1 Å². The number of methoxy groups -OCH3 is 1. The molecule has 104 valence electrons. The number of halogens is 2. The SMILES string of the molecule is COc1c(Cl)ccc(Cl)c1C(=O)N1CCS(=O)CC1. The highest BCUT2D eigenvalue weighted by molar-refractivity contribution is 7.85. The van der Waals surface area contributed by atoms with Crippen molar-refractivity contribution in [1.82, 2.24) is 4.90 Å². The van der Waals surface area contributed by atoms with Crippen molar-refractivity contribution in [2.45, 2.75) is 0 Å². The summed E-state index contributed by atoms with van der Waals surface area (Å²) in [4.78, 5) is 14.1. The van der Waals surface area contributed by atoms with Crippen LogP contribution in [0.3, 0.4) is 0 Å². The number of nitrogens with zero attached hydrogens (tertiary/aromatic N) is 1. The van der Waals surface area contributed by atoms with E-state index in [0.29, 0.717) is 34.6 Å². The standard InChI is InChI=1S/C12H13Cl2NO3S/c1-18-11-9(14)3-2-8(13)10(11)12(16)15-4-6-19(17)7-5-15/h2-3H,4-7H2,1H3. The van der Waals surface area contributed by atoms with E-state index < -0.39 is 10.8 Å². The molecule has 1 heterocycles. The van der Waals surface area contributed by atoms with Crippen LogP contribution in [-0.4, -0.2) is 46.7 Å². The second-order valence-corrected chi connectivity index (χ2v) is 6.59. The lowest BCUT2D eigenvalue weighted by atomic mass is 10.1. The fourth-order valence-corrected chi connectivity index (χ4v) is 3.45. The smallest absolute Gasteiger partial charge is 0.259 e. The van der Waals surface area contributed by atoms with Crippen molar-refractivity contribution < 1.29 is 13.7 Å². The molecule has 0 unspecified atom stereocenters. The number of rotatable bonds is 2. The van der Waals surface area contributed by atoms with E-state index in [-0.39, 0.29) is 17.2 Å². The van der Waals surface area contributed by atoms with Crippen molar-refractivity contribution in [1.29, 1.82) is 0 Å². The predicted molar refractivity (Wildman–Crippen MR) is 76.8 cm³/mol. The van der Waals surface area contributed by atoms with E-state index in [1.165, 1.54) is 7.11 Å². The number of benzene rings is 1. The molecule has 1 aliphatic rings. The van der Waals surface area contributed by atoms with Crippen LogP contribution in [0.15, 0.2) is 12.1 Å². The molecule has 0 bridgehead atoms. The van der Waals surface area contributed by atoms with Gasteiger partial charge >= 0.3 is 0 Å². The minimum absolute atomic E-state index is 0.235. The van der Waals surface area contributed by atoms with Gasteiger partial charge in [-0.25, -0.2) is 0 Å². The zero-order valence-electron chi connectivity index (χ0n) is 10.3. The van der Waals surface area contributed by atoms with Gasteiger partial charge in [-0.3, -0.25) is 9.00 Å². The lowest BCUT2D eigenvalue weighted by molar-refractivity contribution is 0.0768. The molecule has 0 atom stereocenters. The molecule has 1 saturated heterocycles. The van der Waals surface area contributed by atoms with Crippen molar-refractivity contribution in [3.8, 4) is 5.75 Å². The molecule has 0 aliphatic carbocycles. The lowest BCUT2D eigenvalue weighted by Crippen LogP contribution is -2.42. The van der Waals surface area contributed by atoms with E-state index in [1.54, 1.807) is 17.0 Å². The topological polar surface area (TPSA) is 46.6 Å². The zero-order valence-corrected chi connectivity index (χ0v) is 12.6. The molecule has 1 amide bonds. The minimum Gasteiger partial charge on any atom is -0.494 e. The third-order valence-electron chi connectivity index (χ3n) is 2.94. The first-order chi connectivity index (χ1) is 9.04. The van der Waals surface area contributed by atoms with Gasteiger partial charge in [-0.1, -0.05) is 23.2 Å². The summed E-state index contributed by atoms with van der Waals surface area (Å²) in [7, 11) is 0.609. The molecule has 1 aliphatic heterocycles. The summed E-state index contributed by atoms with van der Waals surface area (Å²) < 4.78 is 16.5. The molecule has 4 nitrogen and oxygen atoms in total. The number of amides is 1. The van der Waals surface area contributed by atoms with Crippen LogP contribution < -0.4 is 4.74 Å². The molecule has 0 radical (unpaired) electrons. The van der Waals surface area contributed by atoms with Gasteiger partial charge in [0.2, 0.25) is 0 Å². The minimum atomic E-state index is -0.835. The Balaban J connectivity index is 2.33. The second-order valence-electron chi connectivity index (χ2n) is 4.08. The van der Waals surface area contributed by atoms with Gasteiger partial charge in [-0.15, -0.1) is 0 Å². The Kier molecular flexibility index (Phi) is 4.71. The molecule has 1 fully saturated rings. The quantitative estimate of drug-likeness (QED) is 0.839. The van der Waals surface area contributed by atoms with Crippen molar-refractivity contribution in [2.24, 2.45) is 0 Å². The maximum absolute atomic E-state index is 12.5. The molecule has 7 heteroatoms. The van der Waals surface area contributed by atoms with Gasteiger partial charge in [0.25, 0.3) is 5.91 Å². The van der Waals surface area contributed by atoms with E-state index in [0.717, 1.165) is 0 Å². The zero-order chi connectivity index (χ0) is 14.0. The van der Waals surface area contributed by atoms with Gasteiger partial charge in [-0.2, -0.15) is 0 Å². The molecular weight excluding hydrogens is 309 g/mol. The van der Waals surface area contributed by atoms with Gasteiger partial charge in [0.05, 0.1) is 17.2 Å². The molecule has 2 rings (SSSR count). The Morgan fingerprint density at radius 2 is 1.84 bits per heavy atom. The first-order valence-electron chi connectivity index (χ1n) is 5.71. The van der Waals surface area contributed by atoms with E-state index >= 15 is 0 Å². The van der Waals surface area contributed by atoms with Crippen molar-refractivity contribution in [2.75, 3.05) is 31.7 Å². The van der Waals surface area contributed by atoms with Crippen molar-refractivity contribution in [3.63, 3.8) is 0 Å². The summed E-state index contributed by atoms with van der Waals surface area (Å²) in [6, 6.07) is 3.16. The average molecular weight is 322 g/mol. The van der Waals surface area contributed by atoms with E-state index in [4.69, 9.17) is 27.9 Å². The van der Waals surface area contributed by atoms with E-state index in [2.05, 4.69) is 0 Å². The van der Waals surface area contributed by atoms with Crippen LogP contribution in [0.25, 0.3) is 0 Å². The van der Waals surface area contributed by atoms with Gasteiger partial charge in [0, 0.05) is 35.4 Å². The highest BCUT2D eigenvalue weighted by Crippen LogP contribution is 2.34. The highest BCUT2D eigenvalue weighted by Gasteiger charge is 2.26. The summed E-state index contributed by atoms with van der Waals surface area (Å²) in [6.07, 6.45) is 0. The van der Waals surface area contributed by atoms with Crippen LogP contribution in [0.1, 0.15) is 10.4 Å². The first kappa shape index (κ1) is 14.6. The third-order valence-corrected chi connectivity index (χ3v) is 4.83. The largest absolute Gasteiger partial charge is 0.494 e. The van der Waals surface area contributed by atoms with E-state index in [9.17, 15) is 9.00 Å². The molecule has 1 aromatic rings. The molecule has 1 aromatic carbocycles. The molecular formula is C12H13Cl2NO3S. The summed E-state index contributed by atoms with van der Waals surface area (Å²) >= 11 is 12.1. The number of ether oxygens (including phenoxy) is 1. The summed E-state index contributed by atoms with van der Waals surface area (Å²) in [5.74, 6) is 1.03. The molecule has 0 spiro atoms. The fourth-order valence-electron chi connectivity index (χ4n) is 1.93. The van der Waals surface area contributed by atoms with Crippen LogP contribution in [0.5, 0.6) is 5.75 Å². The van der Waals surface area contributed by atoms with Crippen LogP contribution in [-0.2, 0) is 10.8 Å². The monoisotopic (exact) mass is 321 g/mol. The molecule has 19 heavy (non-hydrogen) atoms. The number of carbonyl (C=O) groups is 1. The lowest BCUT2D eigenvalue weighted by Gasteiger charge is -2.27. The van der Waals surface area contributed by atoms with Gasteiger partial charge in [0.1, 0.15) is 5.56 Å². The Morgan fingerprint density at radius 3 is 2.42 bits per heavy atom. The Hall–Kier alpha value is -0.780. The Labute approximate surface area is 124 Å². The fraction of sp³-hybridized carbons (Fsp3) is 0.417. The van der Waals surface area contributed by atoms with Crippen molar-refractivity contribution >= 4 is 39.9 Å². The van der Waals surface area contributed by atoms with Crippen LogP contribution in [0.2, 0.25) is 10.0 Å². The van der Waals surface area contributed by atoms with Crippen LogP contribution >= 0.6 is 23.2 Å². The Morgan fingerprint density at radius 1 is 1.26 bits per heavy atom. The van der Waals surface area contributed by atoms with Crippen LogP contribution in [0.4, 0.5) is 0 Å². The van der Waals surface area contributed by atoms with Gasteiger partial charge in [0.15, 0.2) is 5.75 Å². The maximum Gasteiger partial charge on any atom is 0.259 e. The second kappa shape index (κ2) is 6.11. The molecule has 0 saturated carbocycles. The summed E-state index contributed by atoms with van der Waals surface area (Å²) in [6.45, 7) is 0.912. The molecule has 0 aromatic heterocycles. The number of hydrogen-bond donors (Lipinski definition) is 0. The number of carbonyl (C=O) groups excluding carboxylic acids is 1. The normalized spacial score (nSPS) is 16.5. The van der Waals surface area contributed by atoms with Gasteiger partial charge < -0.3 is 9.64 Å². The van der Waals surface area contributed by atoms with Crippen LogP contribution in [0, 0.1) is 0 Å². The molecule has 0 N–H and O–H groups in total. The third kappa shape index (κ3) is 3.04. The maximum atomic E-state index is 12.5. The predicted octanol–water partition coefficient (Wildman–Crippen LogP) is 2.21. The average Bonchev–Trinajstić information content (AvgIpc) is 2.41. The highest BCUT2D eigenvalue weighted by atomic mass is 35.5.